The maximum absolute atomic E-state index is 12.6. The van der Waals surface area contributed by atoms with Crippen molar-refractivity contribution >= 4 is 11.9 Å². The second-order valence-electron chi connectivity index (χ2n) is 6.17. The average molecular weight is 343 g/mol. The van der Waals surface area contributed by atoms with Crippen LogP contribution < -0.4 is 5.32 Å². The van der Waals surface area contributed by atoms with Gasteiger partial charge in [-0.25, -0.2) is 4.79 Å². The number of carbonyl (C=O) groups excluding carboxylic acids is 1. The number of aromatic carboxylic acids is 1. The van der Waals surface area contributed by atoms with Gasteiger partial charge in [0.1, 0.15) is 0 Å². The lowest BCUT2D eigenvalue weighted by molar-refractivity contribution is 0.0696. The number of nitrogens with zero attached hydrogens (tertiary/aromatic N) is 2. The number of aromatic nitrogens is 2. The number of carboxylic acid groups (broad SMARTS) is 1. The van der Waals surface area contributed by atoms with Crippen molar-refractivity contribution in [3.63, 3.8) is 0 Å². The molecule has 7 nitrogen and oxygen atoms in total. The maximum atomic E-state index is 12.6. The molecule has 0 spiro atoms. The fourth-order valence-electron chi connectivity index (χ4n) is 3.00. The van der Waals surface area contributed by atoms with Crippen molar-refractivity contribution in [3.8, 4) is 0 Å². The molecule has 0 radical (unpaired) electrons. The lowest BCUT2D eigenvalue weighted by atomic mass is 9.94. The fourth-order valence-corrected chi connectivity index (χ4v) is 3.00. The normalized spacial score (nSPS) is 15.1. The van der Waals surface area contributed by atoms with E-state index in [0.717, 1.165) is 24.1 Å². The highest BCUT2D eigenvalue weighted by atomic mass is 16.5. The van der Waals surface area contributed by atoms with E-state index < -0.39 is 5.97 Å². The first kappa shape index (κ1) is 17.2. The molecule has 0 bridgehead atoms. The van der Waals surface area contributed by atoms with E-state index in [-0.39, 0.29) is 17.4 Å². The van der Waals surface area contributed by atoms with Gasteiger partial charge in [-0.15, -0.1) is 0 Å². The Morgan fingerprint density at radius 1 is 1.28 bits per heavy atom. The van der Waals surface area contributed by atoms with Crippen molar-refractivity contribution in [1.29, 1.82) is 0 Å². The van der Waals surface area contributed by atoms with Crippen molar-refractivity contribution in [1.82, 2.24) is 15.1 Å². The monoisotopic (exact) mass is 343 g/mol. The molecule has 1 aliphatic heterocycles. The summed E-state index contributed by atoms with van der Waals surface area (Å²) in [7, 11) is 1.81. The quantitative estimate of drug-likeness (QED) is 0.865. The second kappa shape index (κ2) is 7.48. The van der Waals surface area contributed by atoms with Gasteiger partial charge in [0.05, 0.1) is 16.8 Å². The molecule has 0 aliphatic carbocycles. The maximum Gasteiger partial charge on any atom is 0.335 e. The first-order valence-corrected chi connectivity index (χ1v) is 8.26. The Balaban J connectivity index is 1.67. The number of hydrogen-bond acceptors (Lipinski definition) is 4. The average Bonchev–Trinajstić information content (AvgIpc) is 3.02. The number of hydrogen-bond donors (Lipinski definition) is 2. The van der Waals surface area contributed by atoms with Crippen LogP contribution in [0, 0.1) is 0 Å². The predicted molar refractivity (Wildman–Crippen MR) is 90.6 cm³/mol. The van der Waals surface area contributed by atoms with Crippen LogP contribution in [0.1, 0.15) is 50.7 Å². The van der Waals surface area contributed by atoms with Gasteiger partial charge < -0.3 is 15.2 Å². The van der Waals surface area contributed by atoms with E-state index >= 15 is 0 Å². The van der Waals surface area contributed by atoms with Gasteiger partial charge in [0.25, 0.3) is 5.91 Å². The lowest BCUT2D eigenvalue weighted by Gasteiger charge is -2.21. The number of aryl methyl sites for hydroxylation is 1. The molecule has 25 heavy (non-hydrogen) atoms. The van der Waals surface area contributed by atoms with Crippen LogP contribution in [0.3, 0.4) is 0 Å². The topological polar surface area (TPSA) is 93.5 Å². The van der Waals surface area contributed by atoms with Gasteiger partial charge in [0, 0.05) is 38.9 Å². The van der Waals surface area contributed by atoms with Crippen LogP contribution in [-0.2, 0) is 18.3 Å². The van der Waals surface area contributed by atoms with Gasteiger partial charge in [0.15, 0.2) is 0 Å². The highest BCUT2D eigenvalue weighted by Gasteiger charge is 2.25. The van der Waals surface area contributed by atoms with Crippen LogP contribution in [-0.4, -0.2) is 40.0 Å². The number of carboxylic acids is 1. The second-order valence-corrected chi connectivity index (χ2v) is 6.17. The minimum absolute atomic E-state index is 0.170. The van der Waals surface area contributed by atoms with Crippen molar-refractivity contribution in [2.75, 3.05) is 13.2 Å². The molecular formula is C18H21N3O4. The molecular weight excluding hydrogens is 322 g/mol. The molecule has 132 valence electrons. The third-order valence-corrected chi connectivity index (χ3v) is 4.36. The van der Waals surface area contributed by atoms with E-state index in [9.17, 15) is 9.59 Å². The summed E-state index contributed by atoms with van der Waals surface area (Å²) in [6.07, 6.45) is 3.48. The predicted octanol–water partition coefficient (Wildman–Crippen LogP) is 1.94. The van der Waals surface area contributed by atoms with Gasteiger partial charge >= 0.3 is 5.97 Å². The summed E-state index contributed by atoms with van der Waals surface area (Å²) in [4.78, 5) is 23.4. The summed E-state index contributed by atoms with van der Waals surface area (Å²) >= 11 is 0. The molecule has 1 saturated heterocycles. The van der Waals surface area contributed by atoms with Gasteiger partial charge in [-0.05, 0) is 30.5 Å². The van der Waals surface area contributed by atoms with Gasteiger partial charge in [-0.2, -0.15) is 5.10 Å². The summed E-state index contributed by atoms with van der Waals surface area (Å²) in [6.45, 7) is 1.72. The molecule has 0 saturated carbocycles. The Bertz CT molecular complexity index is 761. The third-order valence-electron chi connectivity index (χ3n) is 4.36. The Morgan fingerprint density at radius 3 is 2.60 bits per heavy atom. The zero-order chi connectivity index (χ0) is 17.8. The summed E-state index contributed by atoms with van der Waals surface area (Å²) < 4.78 is 7.05. The molecule has 1 aromatic heterocycles. The van der Waals surface area contributed by atoms with Crippen LogP contribution in [0.5, 0.6) is 0 Å². The van der Waals surface area contributed by atoms with Crippen molar-refractivity contribution in [2.45, 2.75) is 25.3 Å². The molecule has 3 rings (SSSR count). The van der Waals surface area contributed by atoms with Crippen molar-refractivity contribution in [3.05, 3.63) is 52.8 Å². The largest absolute Gasteiger partial charge is 0.478 e. The number of ether oxygens (including phenoxy) is 1. The minimum Gasteiger partial charge on any atom is -0.478 e. The first-order chi connectivity index (χ1) is 12.0. The number of carbonyl (C=O) groups is 2. The summed E-state index contributed by atoms with van der Waals surface area (Å²) in [5.74, 6) is -0.894. The first-order valence-electron chi connectivity index (χ1n) is 8.26. The Labute approximate surface area is 145 Å². The fraction of sp³-hybridized carbons (Fsp3) is 0.389. The van der Waals surface area contributed by atoms with Crippen LogP contribution >= 0.6 is 0 Å². The molecule has 1 amide bonds. The van der Waals surface area contributed by atoms with E-state index in [0.29, 0.717) is 25.3 Å². The standard InChI is InChI=1S/C18H21N3O4/c1-21-11-15(16(20-21)13-6-8-25-9-7-13)17(22)19-10-12-2-4-14(5-3-12)18(23)24/h2-5,11,13H,6-10H2,1H3,(H,19,22)(H,23,24). The molecule has 2 heterocycles. The third kappa shape index (κ3) is 4.06. The minimum atomic E-state index is -0.966. The van der Waals surface area contributed by atoms with E-state index in [1.807, 2.05) is 7.05 Å². The SMILES string of the molecule is Cn1cc(C(=O)NCc2ccc(C(=O)O)cc2)c(C2CCOCC2)n1. The number of amides is 1. The zero-order valence-electron chi connectivity index (χ0n) is 14.1. The molecule has 0 unspecified atom stereocenters. The summed E-state index contributed by atoms with van der Waals surface area (Å²) in [5.41, 5.74) is 2.49. The van der Waals surface area contributed by atoms with E-state index in [1.165, 1.54) is 12.1 Å². The van der Waals surface area contributed by atoms with E-state index in [2.05, 4.69) is 10.4 Å². The van der Waals surface area contributed by atoms with Gasteiger partial charge in [0.2, 0.25) is 0 Å². The summed E-state index contributed by atoms with van der Waals surface area (Å²) in [6, 6.07) is 6.46. The molecule has 0 atom stereocenters. The van der Waals surface area contributed by atoms with Crippen LogP contribution in [0.4, 0.5) is 0 Å². The van der Waals surface area contributed by atoms with Gasteiger partial charge in [-0.3, -0.25) is 9.48 Å². The van der Waals surface area contributed by atoms with E-state index in [4.69, 9.17) is 9.84 Å². The zero-order valence-corrected chi connectivity index (χ0v) is 14.1. The Kier molecular flexibility index (Phi) is 5.14. The molecule has 7 heteroatoms. The molecule has 2 aromatic rings. The number of nitrogens with one attached hydrogen (secondary N) is 1. The van der Waals surface area contributed by atoms with Crippen molar-refractivity contribution < 1.29 is 19.4 Å². The highest BCUT2D eigenvalue weighted by Crippen LogP contribution is 2.28. The van der Waals surface area contributed by atoms with Gasteiger partial charge in [-0.1, -0.05) is 12.1 Å². The smallest absolute Gasteiger partial charge is 0.335 e. The number of benzene rings is 1. The van der Waals surface area contributed by atoms with E-state index in [1.54, 1.807) is 23.0 Å². The molecule has 1 aromatic carbocycles. The van der Waals surface area contributed by atoms with Crippen LogP contribution in [0.25, 0.3) is 0 Å². The Hall–Kier alpha value is -2.67. The lowest BCUT2D eigenvalue weighted by Crippen LogP contribution is -2.25. The molecule has 1 aliphatic rings. The van der Waals surface area contributed by atoms with Crippen molar-refractivity contribution in [2.24, 2.45) is 7.05 Å². The number of rotatable bonds is 5. The highest BCUT2D eigenvalue weighted by molar-refractivity contribution is 5.95. The summed E-state index contributed by atoms with van der Waals surface area (Å²) in [5, 5.41) is 16.3. The Morgan fingerprint density at radius 2 is 1.96 bits per heavy atom. The van der Waals surface area contributed by atoms with Crippen LogP contribution in [0.15, 0.2) is 30.5 Å². The van der Waals surface area contributed by atoms with Crippen LogP contribution in [0.2, 0.25) is 0 Å². The molecule has 1 fully saturated rings. The molecule has 2 N–H and O–H groups in total.